The highest BCUT2D eigenvalue weighted by atomic mass is 35.5. The summed E-state index contributed by atoms with van der Waals surface area (Å²) in [6.07, 6.45) is 0. The molecule has 0 saturated carbocycles. The Hall–Kier alpha value is -2.66. The number of benzene rings is 2. The van der Waals surface area contributed by atoms with E-state index in [1.165, 1.54) is 6.92 Å². The van der Waals surface area contributed by atoms with Gasteiger partial charge in [0, 0.05) is 10.7 Å². The first-order chi connectivity index (χ1) is 11.0. The second-order valence-electron chi connectivity index (χ2n) is 5.20. The Morgan fingerprint density at radius 3 is 2.22 bits per heavy atom. The molecule has 0 fully saturated rings. The van der Waals surface area contributed by atoms with Gasteiger partial charge in [-0.05, 0) is 37.3 Å². The summed E-state index contributed by atoms with van der Waals surface area (Å²) in [6, 6.07) is 12.3. The Balaban J connectivity index is 1.81. The molecule has 1 aliphatic heterocycles. The van der Waals surface area contributed by atoms with Crippen molar-refractivity contribution in [2.75, 3.05) is 5.32 Å². The summed E-state index contributed by atoms with van der Waals surface area (Å²) in [5.74, 6) is -1.37. The van der Waals surface area contributed by atoms with E-state index in [2.05, 4.69) is 5.32 Å². The first kappa shape index (κ1) is 15.2. The van der Waals surface area contributed by atoms with Gasteiger partial charge >= 0.3 is 0 Å². The number of halogens is 1. The highest BCUT2D eigenvalue weighted by molar-refractivity contribution is 6.31. The van der Waals surface area contributed by atoms with E-state index in [0.29, 0.717) is 21.8 Å². The molecule has 2 aromatic carbocycles. The lowest BCUT2D eigenvalue weighted by Crippen LogP contribution is -2.45. The molecule has 0 bridgehead atoms. The first-order valence-corrected chi connectivity index (χ1v) is 7.40. The fourth-order valence-corrected chi connectivity index (χ4v) is 2.68. The minimum absolute atomic E-state index is 0.319. The maximum Gasteiger partial charge on any atom is 0.262 e. The van der Waals surface area contributed by atoms with E-state index < -0.39 is 23.8 Å². The van der Waals surface area contributed by atoms with E-state index >= 15 is 0 Å². The van der Waals surface area contributed by atoms with Gasteiger partial charge < -0.3 is 5.32 Å². The zero-order valence-electron chi connectivity index (χ0n) is 12.2. The van der Waals surface area contributed by atoms with Crippen LogP contribution >= 0.6 is 11.6 Å². The summed E-state index contributed by atoms with van der Waals surface area (Å²) >= 11 is 5.87. The van der Waals surface area contributed by atoms with Crippen LogP contribution in [0.5, 0.6) is 0 Å². The van der Waals surface area contributed by atoms with E-state index in [1.807, 2.05) is 0 Å². The Morgan fingerprint density at radius 2 is 1.65 bits per heavy atom. The number of anilines is 1. The summed E-state index contributed by atoms with van der Waals surface area (Å²) in [5.41, 5.74) is 1.14. The van der Waals surface area contributed by atoms with Crippen LogP contribution in [-0.2, 0) is 4.79 Å². The molecule has 1 heterocycles. The van der Waals surface area contributed by atoms with Crippen LogP contribution in [0.3, 0.4) is 0 Å². The summed E-state index contributed by atoms with van der Waals surface area (Å²) in [5, 5.41) is 3.14. The lowest BCUT2D eigenvalue weighted by molar-refractivity contribution is -0.119. The molecule has 0 radical (unpaired) electrons. The molecule has 0 aliphatic carbocycles. The van der Waals surface area contributed by atoms with Gasteiger partial charge in [0.15, 0.2) is 0 Å². The van der Waals surface area contributed by atoms with Gasteiger partial charge in [-0.2, -0.15) is 0 Å². The number of fused-ring (bicyclic) bond motifs is 1. The average molecular weight is 329 g/mol. The van der Waals surface area contributed by atoms with Crippen molar-refractivity contribution in [1.82, 2.24) is 4.90 Å². The van der Waals surface area contributed by atoms with Crippen molar-refractivity contribution in [3.8, 4) is 0 Å². The van der Waals surface area contributed by atoms with Crippen LogP contribution in [0.4, 0.5) is 5.69 Å². The molecule has 23 heavy (non-hydrogen) atoms. The van der Waals surface area contributed by atoms with Gasteiger partial charge in [0.25, 0.3) is 11.8 Å². The Morgan fingerprint density at radius 1 is 1.04 bits per heavy atom. The average Bonchev–Trinajstić information content (AvgIpc) is 2.79. The zero-order chi connectivity index (χ0) is 16.6. The quantitative estimate of drug-likeness (QED) is 0.881. The van der Waals surface area contributed by atoms with Crippen molar-refractivity contribution in [1.29, 1.82) is 0 Å². The molecule has 116 valence electrons. The number of carbonyl (C=O) groups excluding carboxylic acids is 3. The van der Waals surface area contributed by atoms with Crippen molar-refractivity contribution in [2.45, 2.75) is 13.0 Å². The van der Waals surface area contributed by atoms with Crippen LogP contribution in [0.2, 0.25) is 5.02 Å². The summed E-state index contributed by atoms with van der Waals surface area (Å²) < 4.78 is 0. The van der Waals surface area contributed by atoms with E-state index in [9.17, 15) is 14.4 Å². The van der Waals surface area contributed by atoms with Crippen LogP contribution in [0.1, 0.15) is 27.6 Å². The van der Waals surface area contributed by atoms with Crippen molar-refractivity contribution >= 4 is 35.0 Å². The van der Waals surface area contributed by atoms with Crippen LogP contribution in [0.25, 0.3) is 0 Å². The third-order valence-electron chi connectivity index (χ3n) is 3.68. The van der Waals surface area contributed by atoms with Crippen LogP contribution in [0, 0.1) is 0 Å². The summed E-state index contributed by atoms with van der Waals surface area (Å²) in [7, 11) is 0. The van der Waals surface area contributed by atoms with Gasteiger partial charge in [0.2, 0.25) is 5.91 Å². The molecule has 0 unspecified atom stereocenters. The number of hydrogen-bond acceptors (Lipinski definition) is 3. The molecule has 6 heteroatoms. The maximum absolute atomic E-state index is 12.4. The number of nitrogens with zero attached hydrogens (tertiary/aromatic N) is 1. The van der Waals surface area contributed by atoms with E-state index in [4.69, 9.17) is 11.6 Å². The zero-order valence-corrected chi connectivity index (χ0v) is 13.0. The number of hydrogen-bond donors (Lipinski definition) is 1. The summed E-state index contributed by atoms with van der Waals surface area (Å²) in [4.78, 5) is 38.1. The Labute approximate surface area is 137 Å². The smallest absolute Gasteiger partial charge is 0.262 e. The van der Waals surface area contributed by atoms with E-state index in [1.54, 1.807) is 48.5 Å². The van der Waals surface area contributed by atoms with Crippen molar-refractivity contribution in [3.05, 3.63) is 64.7 Å². The highest BCUT2D eigenvalue weighted by Gasteiger charge is 2.40. The van der Waals surface area contributed by atoms with E-state index in [0.717, 1.165) is 4.90 Å². The van der Waals surface area contributed by atoms with Crippen LogP contribution in [0.15, 0.2) is 48.5 Å². The molecule has 0 aromatic heterocycles. The van der Waals surface area contributed by atoms with Crippen molar-refractivity contribution in [2.24, 2.45) is 0 Å². The first-order valence-electron chi connectivity index (χ1n) is 7.02. The van der Waals surface area contributed by atoms with Crippen molar-refractivity contribution < 1.29 is 14.4 Å². The van der Waals surface area contributed by atoms with Gasteiger partial charge in [0.1, 0.15) is 6.04 Å². The van der Waals surface area contributed by atoms with Crippen molar-refractivity contribution in [3.63, 3.8) is 0 Å². The minimum Gasteiger partial charge on any atom is -0.324 e. The topological polar surface area (TPSA) is 66.5 Å². The monoisotopic (exact) mass is 328 g/mol. The molecular weight excluding hydrogens is 316 g/mol. The fourth-order valence-electron chi connectivity index (χ4n) is 2.49. The number of rotatable bonds is 3. The van der Waals surface area contributed by atoms with Gasteiger partial charge in [-0.15, -0.1) is 0 Å². The molecule has 1 atom stereocenters. The molecule has 1 aliphatic rings. The minimum atomic E-state index is -0.929. The lowest BCUT2D eigenvalue weighted by Gasteiger charge is -2.21. The van der Waals surface area contributed by atoms with Gasteiger partial charge in [-0.1, -0.05) is 29.8 Å². The Kier molecular flexibility index (Phi) is 3.88. The maximum atomic E-state index is 12.4. The van der Waals surface area contributed by atoms with Crippen LogP contribution in [-0.4, -0.2) is 28.7 Å². The second-order valence-corrected chi connectivity index (χ2v) is 5.64. The summed E-state index contributed by atoms with van der Waals surface area (Å²) in [6.45, 7) is 1.52. The normalized spacial score (nSPS) is 14.6. The van der Waals surface area contributed by atoms with Crippen LogP contribution < -0.4 is 5.32 Å². The second kappa shape index (κ2) is 5.85. The Bertz CT molecular complexity index is 784. The molecule has 5 nitrogen and oxygen atoms in total. The molecular formula is C17H13ClN2O3. The lowest BCUT2D eigenvalue weighted by atomic mass is 10.1. The predicted octanol–water partition coefficient (Wildman–Crippen LogP) is 2.96. The number of imide groups is 1. The van der Waals surface area contributed by atoms with Gasteiger partial charge in [-0.25, -0.2) is 0 Å². The highest BCUT2D eigenvalue weighted by Crippen LogP contribution is 2.25. The molecule has 3 rings (SSSR count). The van der Waals surface area contributed by atoms with Gasteiger partial charge in [-0.3, -0.25) is 19.3 Å². The molecule has 0 saturated heterocycles. The number of amides is 3. The molecule has 2 aromatic rings. The predicted molar refractivity (Wildman–Crippen MR) is 86.5 cm³/mol. The largest absolute Gasteiger partial charge is 0.324 e. The van der Waals surface area contributed by atoms with Gasteiger partial charge in [0.05, 0.1) is 11.1 Å². The number of nitrogens with one attached hydrogen (secondary N) is 1. The SMILES string of the molecule is C[C@@H](C(=O)Nc1cccc(Cl)c1)N1C(=O)c2ccccc2C1=O. The number of carbonyl (C=O) groups is 3. The fraction of sp³-hybridized carbons (Fsp3) is 0.118. The molecule has 3 amide bonds. The standard InChI is InChI=1S/C17H13ClN2O3/c1-10(15(21)19-12-6-4-5-11(18)9-12)20-16(22)13-7-2-3-8-14(13)17(20)23/h2-10H,1H3,(H,19,21)/t10-/m0/s1. The molecule has 1 N–H and O–H groups in total. The third-order valence-corrected chi connectivity index (χ3v) is 3.92. The molecule has 0 spiro atoms. The van der Waals surface area contributed by atoms with E-state index in [-0.39, 0.29) is 0 Å². The third kappa shape index (κ3) is 2.71.